The number of sulfonamides is 1. The molecule has 3 N–H and O–H groups in total. The summed E-state index contributed by atoms with van der Waals surface area (Å²) in [6, 6.07) is 0.662. The second kappa shape index (κ2) is 8.82. The molecule has 1 fully saturated rings. The van der Waals surface area contributed by atoms with Gasteiger partial charge in [-0.2, -0.15) is 4.31 Å². The van der Waals surface area contributed by atoms with Gasteiger partial charge in [0, 0.05) is 32.2 Å². The van der Waals surface area contributed by atoms with E-state index in [1.54, 1.807) is 0 Å². The predicted octanol–water partition coefficient (Wildman–Crippen LogP) is 0.881. The lowest BCUT2D eigenvalue weighted by Gasteiger charge is -2.36. The second-order valence-corrected chi connectivity index (χ2v) is 8.90. The highest BCUT2D eigenvalue weighted by Gasteiger charge is 2.34. The Balaban J connectivity index is 2.08. The van der Waals surface area contributed by atoms with Crippen LogP contribution in [-0.4, -0.2) is 61.8 Å². The van der Waals surface area contributed by atoms with Crippen molar-refractivity contribution in [1.29, 1.82) is 0 Å². The molecule has 0 bridgehead atoms. The van der Waals surface area contributed by atoms with Crippen LogP contribution in [0.4, 0.5) is 13.6 Å². The van der Waals surface area contributed by atoms with Gasteiger partial charge in [0.2, 0.25) is 15.9 Å². The zero-order chi connectivity index (χ0) is 21.1. The van der Waals surface area contributed by atoms with Gasteiger partial charge in [-0.05, 0) is 24.5 Å². The third-order valence-electron chi connectivity index (χ3n) is 4.38. The number of benzene rings is 1. The summed E-state index contributed by atoms with van der Waals surface area (Å²) >= 11 is 0. The fourth-order valence-electron chi connectivity index (χ4n) is 3.06. The van der Waals surface area contributed by atoms with E-state index in [1.165, 1.54) is 4.90 Å². The van der Waals surface area contributed by atoms with Crippen molar-refractivity contribution in [2.24, 2.45) is 11.7 Å². The molecule has 1 atom stereocenters. The molecule has 1 aromatic carbocycles. The topological polar surface area (TPSA) is 113 Å². The van der Waals surface area contributed by atoms with Crippen molar-refractivity contribution in [2.45, 2.75) is 31.2 Å². The molecule has 1 saturated heterocycles. The van der Waals surface area contributed by atoms with Gasteiger partial charge >= 0.3 is 6.03 Å². The van der Waals surface area contributed by atoms with Crippen molar-refractivity contribution in [2.75, 3.05) is 26.2 Å². The number of rotatable bonds is 6. The average Bonchev–Trinajstić information content (AvgIpc) is 2.59. The summed E-state index contributed by atoms with van der Waals surface area (Å²) in [5, 5.41) is 2.42. The maximum atomic E-state index is 13.9. The van der Waals surface area contributed by atoms with Gasteiger partial charge in [-0.25, -0.2) is 22.0 Å². The van der Waals surface area contributed by atoms with Gasteiger partial charge in [0.1, 0.15) is 22.6 Å². The number of piperazine rings is 1. The van der Waals surface area contributed by atoms with Gasteiger partial charge < -0.3 is 16.0 Å². The summed E-state index contributed by atoms with van der Waals surface area (Å²) in [5.41, 5.74) is 5.13. The highest BCUT2D eigenvalue weighted by Crippen LogP contribution is 2.22. The Hall–Kier alpha value is -2.27. The van der Waals surface area contributed by atoms with Crippen molar-refractivity contribution in [3.8, 4) is 0 Å². The maximum Gasteiger partial charge on any atom is 0.312 e. The van der Waals surface area contributed by atoms with E-state index in [-0.39, 0.29) is 38.0 Å². The number of primary amides is 1. The fraction of sp³-hybridized carbons (Fsp3) is 0.529. The lowest BCUT2D eigenvalue weighted by Crippen LogP contribution is -2.56. The van der Waals surface area contributed by atoms with Gasteiger partial charge in [0.15, 0.2) is 0 Å². The zero-order valence-electron chi connectivity index (χ0n) is 15.7. The number of amides is 3. The highest BCUT2D eigenvalue weighted by atomic mass is 32.2. The molecule has 0 aromatic heterocycles. The van der Waals surface area contributed by atoms with E-state index in [2.05, 4.69) is 5.32 Å². The fourth-order valence-corrected chi connectivity index (χ4v) is 4.52. The van der Waals surface area contributed by atoms with E-state index >= 15 is 0 Å². The van der Waals surface area contributed by atoms with Gasteiger partial charge in [-0.3, -0.25) is 4.79 Å². The van der Waals surface area contributed by atoms with Crippen LogP contribution in [0.15, 0.2) is 23.1 Å². The molecule has 8 nitrogen and oxygen atoms in total. The number of nitrogens with zero attached hydrogens (tertiary/aromatic N) is 2. The number of nitrogens with one attached hydrogen (secondary N) is 1. The molecule has 156 valence electrons. The van der Waals surface area contributed by atoms with Crippen molar-refractivity contribution in [3.05, 3.63) is 29.8 Å². The van der Waals surface area contributed by atoms with Crippen molar-refractivity contribution in [3.63, 3.8) is 0 Å². The molecule has 28 heavy (non-hydrogen) atoms. The molecule has 1 aromatic rings. The van der Waals surface area contributed by atoms with Crippen LogP contribution < -0.4 is 11.1 Å². The number of carbonyl (C=O) groups excluding carboxylic acids is 2. The molecule has 0 aliphatic carbocycles. The van der Waals surface area contributed by atoms with E-state index in [4.69, 9.17) is 5.73 Å². The summed E-state index contributed by atoms with van der Waals surface area (Å²) in [6.45, 7) is 3.85. The first-order chi connectivity index (χ1) is 13.0. The zero-order valence-corrected chi connectivity index (χ0v) is 16.5. The van der Waals surface area contributed by atoms with Crippen LogP contribution in [0.3, 0.4) is 0 Å². The summed E-state index contributed by atoms with van der Waals surface area (Å²) in [4.78, 5) is 24.7. The molecule has 11 heteroatoms. The summed E-state index contributed by atoms with van der Waals surface area (Å²) in [5.74, 6) is -2.26. The largest absolute Gasteiger partial charge is 0.352 e. The monoisotopic (exact) mass is 418 g/mol. The van der Waals surface area contributed by atoms with Gasteiger partial charge in [0.25, 0.3) is 0 Å². The lowest BCUT2D eigenvalue weighted by atomic mass is 10.0. The Bertz CT molecular complexity index is 840. The number of hydrogen-bond donors (Lipinski definition) is 2. The molecule has 2 rings (SSSR count). The van der Waals surface area contributed by atoms with Gasteiger partial charge in [-0.15, -0.1) is 0 Å². The minimum Gasteiger partial charge on any atom is -0.352 e. The van der Waals surface area contributed by atoms with Crippen LogP contribution in [0.25, 0.3) is 0 Å². The highest BCUT2D eigenvalue weighted by molar-refractivity contribution is 7.89. The smallest absolute Gasteiger partial charge is 0.312 e. The van der Waals surface area contributed by atoms with Crippen molar-refractivity contribution in [1.82, 2.24) is 14.5 Å². The van der Waals surface area contributed by atoms with E-state index in [1.807, 2.05) is 13.8 Å². The summed E-state index contributed by atoms with van der Waals surface area (Å²) in [6.07, 6.45) is 0.390. The minimum absolute atomic E-state index is 0.0458. The molecule has 1 aliphatic rings. The molecule has 3 amide bonds. The number of halogens is 2. The Morgan fingerprint density at radius 2 is 1.79 bits per heavy atom. The maximum absolute atomic E-state index is 13.9. The Morgan fingerprint density at radius 1 is 1.18 bits per heavy atom. The third kappa shape index (κ3) is 5.16. The predicted molar refractivity (Wildman–Crippen MR) is 97.7 cm³/mol. The number of carbonyl (C=O) groups is 2. The van der Waals surface area contributed by atoms with Gasteiger partial charge in [-0.1, -0.05) is 13.8 Å². The van der Waals surface area contributed by atoms with Crippen LogP contribution >= 0.6 is 0 Å². The average molecular weight is 418 g/mol. The first-order valence-electron chi connectivity index (χ1n) is 8.82. The SMILES string of the molecule is CC(C)C[C@@H](NC(N)=O)C(=O)N1CCN(S(=O)(=O)c2ccc(F)cc2F)CC1. The molecular formula is C17H24F2N4O4S. The Labute approximate surface area is 162 Å². The Morgan fingerprint density at radius 3 is 2.29 bits per heavy atom. The number of urea groups is 1. The minimum atomic E-state index is -4.15. The molecular weight excluding hydrogens is 394 g/mol. The summed E-state index contributed by atoms with van der Waals surface area (Å²) < 4.78 is 53.2. The van der Waals surface area contributed by atoms with E-state index in [0.29, 0.717) is 12.5 Å². The van der Waals surface area contributed by atoms with Crippen LogP contribution in [0.2, 0.25) is 0 Å². The van der Waals surface area contributed by atoms with E-state index in [0.717, 1.165) is 16.4 Å². The molecule has 1 heterocycles. The summed E-state index contributed by atoms with van der Waals surface area (Å²) in [7, 11) is -4.15. The molecule has 1 aliphatic heterocycles. The first-order valence-corrected chi connectivity index (χ1v) is 10.3. The molecule has 0 saturated carbocycles. The van der Waals surface area contributed by atoms with Crippen LogP contribution in [0.1, 0.15) is 20.3 Å². The first kappa shape index (κ1) is 22.0. The van der Waals surface area contributed by atoms with Crippen molar-refractivity contribution < 1.29 is 26.8 Å². The van der Waals surface area contributed by atoms with Crippen LogP contribution in [-0.2, 0) is 14.8 Å². The van der Waals surface area contributed by atoms with Crippen LogP contribution in [0.5, 0.6) is 0 Å². The lowest BCUT2D eigenvalue weighted by molar-refractivity contribution is -0.134. The quantitative estimate of drug-likeness (QED) is 0.714. The van der Waals surface area contributed by atoms with Gasteiger partial charge in [0.05, 0.1) is 0 Å². The number of nitrogens with two attached hydrogens (primary N) is 1. The second-order valence-electron chi connectivity index (χ2n) is 6.99. The van der Waals surface area contributed by atoms with Crippen molar-refractivity contribution >= 4 is 22.0 Å². The van der Waals surface area contributed by atoms with E-state index in [9.17, 15) is 26.8 Å². The van der Waals surface area contributed by atoms with Crippen LogP contribution in [0, 0.1) is 17.6 Å². The normalized spacial score (nSPS) is 16.8. The van der Waals surface area contributed by atoms with E-state index < -0.39 is 38.6 Å². The third-order valence-corrected chi connectivity index (χ3v) is 6.32. The molecule has 0 radical (unpaired) electrons. The molecule has 0 unspecified atom stereocenters. The number of hydrogen-bond acceptors (Lipinski definition) is 4. The standard InChI is InChI=1S/C17H24F2N4O4S/c1-11(2)9-14(21-17(20)25)16(24)22-5-7-23(8-6-22)28(26,27)15-4-3-12(18)10-13(15)19/h3-4,10-11,14H,5-9H2,1-2H3,(H3,20,21,25)/t14-/m1/s1. The Kier molecular flexibility index (Phi) is 6.94. The molecule has 0 spiro atoms.